The van der Waals surface area contributed by atoms with Crippen molar-refractivity contribution in [3.05, 3.63) is 40.0 Å². The molecule has 5 nitrogen and oxygen atoms in total. The third-order valence-electron chi connectivity index (χ3n) is 3.41. The maximum Gasteiger partial charge on any atom is 0.310 e. The topological polar surface area (TPSA) is 79.3 Å². The molecule has 2 rings (SSSR count). The van der Waals surface area contributed by atoms with Gasteiger partial charge in [-0.05, 0) is 45.0 Å². The van der Waals surface area contributed by atoms with Gasteiger partial charge in [0.25, 0.3) is 5.91 Å². The summed E-state index contributed by atoms with van der Waals surface area (Å²) < 4.78 is 0.852. The Bertz CT molecular complexity index is 756. The molecule has 0 aliphatic carbocycles. The Labute approximate surface area is 136 Å². The van der Waals surface area contributed by atoms with Crippen LogP contribution in [0.4, 0.5) is 0 Å². The van der Waals surface area contributed by atoms with E-state index in [2.05, 4.69) is 26.2 Å². The highest BCUT2D eigenvalue weighted by Crippen LogP contribution is 2.23. The summed E-state index contributed by atoms with van der Waals surface area (Å²) in [6, 6.07) is 7.24. The first-order valence-electron chi connectivity index (χ1n) is 6.79. The van der Waals surface area contributed by atoms with Gasteiger partial charge in [-0.15, -0.1) is 0 Å². The Balaban J connectivity index is 2.35. The molecule has 2 aromatic rings. The van der Waals surface area contributed by atoms with Crippen molar-refractivity contribution in [3.8, 4) is 0 Å². The number of carboxylic acids is 1. The molecule has 0 radical (unpaired) electrons. The molecule has 0 spiro atoms. The van der Waals surface area contributed by atoms with Gasteiger partial charge in [-0.1, -0.05) is 15.9 Å². The largest absolute Gasteiger partial charge is 0.481 e. The molecular weight excluding hydrogens is 348 g/mol. The van der Waals surface area contributed by atoms with E-state index in [1.54, 1.807) is 19.9 Å². The predicted octanol–water partition coefficient (Wildman–Crippen LogP) is 3.15. The van der Waals surface area contributed by atoms with Gasteiger partial charge in [0.15, 0.2) is 0 Å². The molecular formula is C16H17BrN2O3. The second-order valence-corrected chi connectivity index (χ2v) is 6.76. The molecule has 0 atom stereocenters. The van der Waals surface area contributed by atoms with Crippen LogP contribution in [0.15, 0.2) is 28.7 Å². The Morgan fingerprint density at radius 3 is 2.64 bits per heavy atom. The number of benzene rings is 1. The lowest BCUT2D eigenvalue weighted by Crippen LogP contribution is -2.39. The number of fused-ring (bicyclic) bond motifs is 1. The molecule has 0 saturated carbocycles. The number of carboxylic acid groups (broad SMARTS) is 1. The minimum absolute atomic E-state index is 0.0536. The number of carbonyl (C=O) groups excluding carboxylic acids is 1. The summed E-state index contributed by atoms with van der Waals surface area (Å²) in [6.07, 6.45) is 0. The molecule has 22 heavy (non-hydrogen) atoms. The van der Waals surface area contributed by atoms with E-state index in [1.165, 1.54) is 0 Å². The van der Waals surface area contributed by atoms with Crippen LogP contribution in [0.25, 0.3) is 10.9 Å². The zero-order valence-corrected chi connectivity index (χ0v) is 14.2. The molecule has 2 N–H and O–H groups in total. The van der Waals surface area contributed by atoms with E-state index in [4.69, 9.17) is 5.11 Å². The first-order chi connectivity index (χ1) is 10.2. The Morgan fingerprint density at radius 1 is 1.32 bits per heavy atom. The van der Waals surface area contributed by atoms with Gasteiger partial charge in [0, 0.05) is 22.1 Å². The average molecular weight is 365 g/mol. The zero-order valence-electron chi connectivity index (χ0n) is 12.6. The molecule has 0 saturated heterocycles. The summed E-state index contributed by atoms with van der Waals surface area (Å²) in [5.41, 5.74) is 0.932. The molecule has 0 aliphatic rings. The fraction of sp³-hybridized carbons (Fsp3) is 0.312. The van der Waals surface area contributed by atoms with E-state index in [9.17, 15) is 9.59 Å². The van der Waals surface area contributed by atoms with Crippen LogP contribution >= 0.6 is 15.9 Å². The van der Waals surface area contributed by atoms with Gasteiger partial charge >= 0.3 is 5.97 Å². The third-order valence-corrected chi connectivity index (χ3v) is 3.91. The number of halogens is 1. The van der Waals surface area contributed by atoms with Crippen LogP contribution in [0.5, 0.6) is 0 Å². The monoisotopic (exact) mass is 364 g/mol. The second kappa shape index (κ2) is 6.04. The van der Waals surface area contributed by atoms with Crippen LogP contribution in [0.2, 0.25) is 0 Å². The van der Waals surface area contributed by atoms with Gasteiger partial charge in [-0.25, -0.2) is 0 Å². The summed E-state index contributed by atoms with van der Waals surface area (Å²) in [5.74, 6) is -1.26. The van der Waals surface area contributed by atoms with Gasteiger partial charge in [0.1, 0.15) is 0 Å². The summed E-state index contributed by atoms with van der Waals surface area (Å²) in [7, 11) is 0. The number of hydrogen-bond donors (Lipinski definition) is 2. The van der Waals surface area contributed by atoms with E-state index in [-0.39, 0.29) is 12.5 Å². The van der Waals surface area contributed by atoms with Crippen LogP contribution in [-0.4, -0.2) is 28.5 Å². The molecule has 1 heterocycles. The number of aromatic nitrogens is 1. The molecule has 1 amide bonds. The molecule has 1 aromatic carbocycles. The SMILES string of the molecule is Cc1cc(C(=O)NCC(C)(C)C(=O)O)c2cc(Br)ccc2n1. The number of nitrogens with one attached hydrogen (secondary N) is 1. The lowest BCUT2D eigenvalue weighted by Gasteiger charge is -2.19. The molecule has 1 aromatic heterocycles. The van der Waals surface area contributed by atoms with E-state index in [1.807, 2.05) is 25.1 Å². The van der Waals surface area contributed by atoms with Gasteiger partial charge in [-0.2, -0.15) is 0 Å². The van der Waals surface area contributed by atoms with Crippen molar-refractivity contribution in [2.75, 3.05) is 6.54 Å². The van der Waals surface area contributed by atoms with Crippen molar-refractivity contribution in [2.45, 2.75) is 20.8 Å². The molecule has 116 valence electrons. The highest BCUT2D eigenvalue weighted by molar-refractivity contribution is 9.10. The number of rotatable bonds is 4. The van der Waals surface area contributed by atoms with Crippen molar-refractivity contribution < 1.29 is 14.7 Å². The van der Waals surface area contributed by atoms with E-state index >= 15 is 0 Å². The number of amides is 1. The standard InChI is InChI=1S/C16H17BrN2O3/c1-9-6-12(11-7-10(17)4-5-13(11)19-9)14(20)18-8-16(2,3)15(21)22/h4-7H,8H2,1-3H3,(H,18,20)(H,21,22). The fourth-order valence-corrected chi connectivity index (χ4v) is 2.35. The maximum atomic E-state index is 12.4. The number of carbonyl (C=O) groups is 2. The second-order valence-electron chi connectivity index (χ2n) is 5.84. The number of aryl methyl sites for hydroxylation is 1. The molecule has 0 unspecified atom stereocenters. The summed E-state index contributed by atoms with van der Waals surface area (Å²) in [5, 5.41) is 12.5. The maximum absolute atomic E-state index is 12.4. The Morgan fingerprint density at radius 2 is 2.00 bits per heavy atom. The number of nitrogens with zero attached hydrogens (tertiary/aromatic N) is 1. The smallest absolute Gasteiger partial charge is 0.310 e. The van der Waals surface area contributed by atoms with Crippen LogP contribution < -0.4 is 5.32 Å². The summed E-state index contributed by atoms with van der Waals surface area (Å²) in [4.78, 5) is 28.0. The summed E-state index contributed by atoms with van der Waals surface area (Å²) in [6.45, 7) is 5.02. The Kier molecular flexibility index (Phi) is 4.51. The highest BCUT2D eigenvalue weighted by atomic mass is 79.9. The van der Waals surface area contributed by atoms with Crippen LogP contribution in [-0.2, 0) is 4.79 Å². The van der Waals surface area contributed by atoms with Crippen LogP contribution in [0.3, 0.4) is 0 Å². The minimum Gasteiger partial charge on any atom is -0.481 e. The van der Waals surface area contributed by atoms with Crippen molar-refractivity contribution in [1.82, 2.24) is 10.3 Å². The van der Waals surface area contributed by atoms with Crippen molar-refractivity contribution in [1.29, 1.82) is 0 Å². The first-order valence-corrected chi connectivity index (χ1v) is 7.58. The molecule has 0 bridgehead atoms. The van der Waals surface area contributed by atoms with Crippen molar-refractivity contribution in [3.63, 3.8) is 0 Å². The lowest BCUT2D eigenvalue weighted by molar-refractivity contribution is -0.146. The van der Waals surface area contributed by atoms with Gasteiger partial charge < -0.3 is 10.4 Å². The first kappa shape index (κ1) is 16.4. The van der Waals surface area contributed by atoms with Crippen LogP contribution in [0, 0.1) is 12.3 Å². The van der Waals surface area contributed by atoms with Gasteiger partial charge in [-0.3, -0.25) is 14.6 Å². The van der Waals surface area contributed by atoms with Gasteiger partial charge in [0.2, 0.25) is 0 Å². The minimum atomic E-state index is -1.02. The quantitative estimate of drug-likeness (QED) is 0.873. The zero-order chi connectivity index (χ0) is 16.5. The highest BCUT2D eigenvalue weighted by Gasteiger charge is 2.28. The average Bonchev–Trinajstić information content (AvgIpc) is 2.44. The van der Waals surface area contributed by atoms with Crippen LogP contribution in [0.1, 0.15) is 29.9 Å². The molecule has 0 fully saturated rings. The molecule has 6 heteroatoms. The number of pyridine rings is 1. The van der Waals surface area contributed by atoms with E-state index < -0.39 is 11.4 Å². The Hall–Kier alpha value is -1.95. The number of hydrogen-bond acceptors (Lipinski definition) is 3. The fourth-order valence-electron chi connectivity index (χ4n) is 1.99. The van der Waals surface area contributed by atoms with Crippen molar-refractivity contribution >= 4 is 38.7 Å². The summed E-state index contributed by atoms with van der Waals surface area (Å²) >= 11 is 3.39. The van der Waals surface area contributed by atoms with E-state index in [0.29, 0.717) is 5.56 Å². The normalized spacial score (nSPS) is 11.5. The number of aliphatic carboxylic acids is 1. The van der Waals surface area contributed by atoms with Crippen molar-refractivity contribution in [2.24, 2.45) is 5.41 Å². The molecule has 0 aliphatic heterocycles. The van der Waals surface area contributed by atoms with Gasteiger partial charge in [0.05, 0.1) is 16.5 Å². The predicted molar refractivity (Wildman–Crippen MR) is 87.9 cm³/mol. The third kappa shape index (κ3) is 3.44. The lowest BCUT2D eigenvalue weighted by atomic mass is 9.93. The van der Waals surface area contributed by atoms with E-state index in [0.717, 1.165) is 21.1 Å².